The van der Waals surface area contributed by atoms with Crippen molar-refractivity contribution in [1.82, 2.24) is 15.5 Å². The van der Waals surface area contributed by atoms with Crippen LogP contribution in [-0.4, -0.2) is 45.6 Å². The Morgan fingerprint density at radius 3 is 2.26 bits per heavy atom. The van der Waals surface area contributed by atoms with Gasteiger partial charge in [-0.15, -0.1) is 0 Å². The second kappa shape index (κ2) is 13.0. The van der Waals surface area contributed by atoms with Crippen molar-refractivity contribution in [2.24, 2.45) is 11.8 Å². The van der Waals surface area contributed by atoms with Crippen LogP contribution in [0.1, 0.15) is 112 Å². The van der Waals surface area contributed by atoms with Crippen molar-refractivity contribution >= 4 is 17.7 Å². The first kappa shape index (κ1) is 27.8. The minimum atomic E-state index is -0.727. The lowest BCUT2D eigenvalue weighted by Crippen LogP contribution is -2.33. The fourth-order valence-electron chi connectivity index (χ4n) is 5.35. The maximum Gasteiger partial charge on any atom is 0.306 e. The molecule has 2 aromatic rings. The van der Waals surface area contributed by atoms with Gasteiger partial charge in [-0.25, -0.2) is 0 Å². The fourth-order valence-corrected chi connectivity index (χ4v) is 5.35. The van der Waals surface area contributed by atoms with Crippen molar-refractivity contribution in [2.75, 3.05) is 6.54 Å². The summed E-state index contributed by atoms with van der Waals surface area (Å²) in [5.41, 5.74) is 0.624. The van der Waals surface area contributed by atoms with Gasteiger partial charge in [-0.2, -0.15) is 4.98 Å². The number of Topliss-reactive ketones (excluding diaryl/α,β-unsaturated/α-hetero) is 1. The number of carboxylic acid groups (broad SMARTS) is 1. The first-order valence-electron chi connectivity index (χ1n) is 13.9. The van der Waals surface area contributed by atoms with Crippen LogP contribution < -0.4 is 10.1 Å². The molecule has 2 aliphatic carbocycles. The summed E-state index contributed by atoms with van der Waals surface area (Å²) < 4.78 is 11.3. The molecule has 9 nitrogen and oxygen atoms in total. The van der Waals surface area contributed by atoms with Crippen LogP contribution in [-0.2, 0) is 9.59 Å². The molecule has 1 aromatic carbocycles. The maximum absolute atomic E-state index is 12.6. The summed E-state index contributed by atoms with van der Waals surface area (Å²) in [5, 5.41) is 16.2. The molecule has 1 aromatic heterocycles. The van der Waals surface area contributed by atoms with E-state index < -0.39 is 5.97 Å². The van der Waals surface area contributed by atoms with Crippen molar-refractivity contribution in [3.8, 4) is 5.75 Å². The van der Waals surface area contributed by atoms with Crippen LogP contribution in [0.5, 0.6) is 5.75 Å². The smallest absolute Gasteiger partial charge is 0.306 e. The van der Waals surface area contributed by atoms with Gasteiger partial charge < -0.3 is 19.7 Å². The minimum absolute atomic E-state index is 0.00913. The molecule has 2 saturated carbocycles. The number of hydrogen-bond donors (Lipinski definition) is 2. The average molecular weight is 526 g/mol. The number of carbonyl (C=O) groups excluding carboxylic acids is 2. The van der Waals surface area contributed by atoms with Gasteiger partial charge in [-0.1, -0.05) is 19.0 Å². The number of benzene rings is 1. The summed E-state index contributed by atoms with van der Waals surface area (Å²) in [7, 11) is 0. The van der Waals surface area contributed by atoms with Crippen LogP contribution in [0.25, 0.3) is 0 Å². The average Bonchev–Trinajstić information content (AvgIpc) is 3.43. The molecule has 206 valence electrons. The van der Waals surface area contributed by atoms with Crippen LogP contribution in [0.15, 0.2) is 28.8 Å². The summed E-state index contributed by atoms with van der Waals surface area (Å²) in [6.07, 6.45) is 7.03. The summed E-state index contributed by atoms with van der Waals surface area (Å²) in [6, 6.07) is 7.14. The second-order valence-electron chi connectivity index (χ2n) is 11.0. The zero-order valence-electron chi connectivity index (χ0n) is 22.4. The maximum atomic E-state index is 12.6. The van der Waals surface area contributed by atoms with Crippen LogP contribution in [0, 0.1) is 11.8 Å². The molecule has 0 radical (unpaired) electrons. The van der Waals surface area contributed by atoms with E-state index in [1.807, 2.05) is 13.8 Å². The number of nitrogens with zero attached hydrogens (tertiary/aromatic N) is 2. The van der Waals surface area contributed by atoms with E-state index in [2.05, 4.69) is 15.5 Å². The van der Waals surface area contributed by atoms with Gasteiger partial charge >= 0.3 is 5.97 Å². The van der Waals surface area contributed by atoms with Gasteiger partial charge in [-0.3, -0.25) is 14.4 Å². The van der Waals surface area contributed by atoms with Gasteiger partial charge in [-0.05, 0) is 82.1 Å². The normalized spacial score (nSPS) is 23.7. The zero-order chi connectivity index (χ0) is 27.1. The highest BCUT2D eigenvalue weighted by molar-refractivity contribution is 5.96. The van der Waals surface area contributed by atoms with Crippen molar-refractivity contribution in [3.63, 3.8) is 0 Å². The van der Waals surface area contributed by atoms with Gasteiger partial charge in [0.05, 0.1) is 12.0 Å². The van der Waals surface area contributed by atoms with E-state index in [0.29, 0.717) is 49.4 Å². The molecule has 2 aliphatic rings. The predicted octanol–water partition coefficient (Wildman–Crippen LogP) is 5.27. The third-order valence-electron chi connectivity index (χ3n) is 7.80. The number of ketones is 1. The van der Waals surface area contributed by atoms with Crippen molar-refractivity contribution in [3.05, 3.63) is 41.5 Å². The predicted molar refractivity (Wildman–Crippen MR) is 140 cm³/mol. The molecule has 2 N–H and O–H groups in total. The second-order valence-corrected chi connectivity index (χ2v) is 11.0. The SMILES string of the molecule is CC(C)c1nc(C2CCC(C(=O)NCCCC(=O)c3ccc(OC4CCC(C(=O)O)CC4)cc3)CC2)no1. The molecule has 0 bridgehead atoms. The van der Waals surface area contributed by atoms with E-state index in [-0.39, 0.29) is 41.5 Å². The van der Waals surface area contributed by atoms with E-state index in [4.69, 9.17) is 14.4 Å². The van der Waals surface area contributed by atoms with Gasteiger partial charge in [0, 0.05) is 36.3 Å². The number of ether oxygens (including phenoxy) is 1. The molecule has 0 atom stereocenters. The molecule has 1 heterocycles. The highest BCUT2D eigenvalue weighted by Crippen LogP contribution is 2.35. The standard InChI is InChI=1S/C29H39N3O6/c1-18(2)28-31-26(32-38-28)20-5-7-21(8-6-20)27(34)30-17-3-4-25(33)19-9-13-23(14-10-19)37-24-15-11-22(12-16-24)29(35)36/h9-10,13-14,18,20-22,24H,3-8,11-12,15-17H2,1-2H3,(H,30,34)(H,35,36). The Hall–Kier alpha value is -3.23. The van der Waals surface area contributed by atoms with Crippen molar-refractivity contribution in [1.29, 1.82) is 0 Å². The quantitative estimate of drug-likeness (QED) is 0.300. The Morgan fingerprint density at radius 1 is 1.00 bits per heavy atom. The first-order chi connectivity index (χ1) is 18.3. The molecule has 0 unspecified atom stereocenters. The zero-order valence-corrected chi connectivity index (χ0v) is 22.4. The molecular formula is C29H39N3O6. The molecule has 0 spiro atoms. The van der Waals surface area contributed by atoms with Crippen molar-refractivity contribution in [2.45, 2.75) is 96.0 Å². The van der Waals surface area contributed by atoms with Crippen LogP contribution in [0.2, 0.25) is 0 Å². The molecule has 9 heteroatoms. The number of rotatable bonds is 11. The highest BCUT2D eigenvalue weighted by Gasteiger charge is 2.30. The van der Waals surface area contributed by atoms with Gasteiger partial charge in [0.15, 0.2) is 11.6 Å². The molecule has 0 saturated heterocycles. The minimum Gasteiger partial charge on any atom is -0.490 e. The lowest BCUT2D eigenvalue weighted by atomic mass is 9.81. The Bertz CT molecular complexity index is 1080. The summed E-state index contributed by atoms with van der Waals surface area (Å²) in [5.74, 6) is 1.67. The number of hydrogen-bond acceptors (Lipinski definition) is 7. The Kier molecular flexibility index (Phi) is 9.53. The molecule has 1 amide bonds. The van der Waals surface area contributed by atoms with E-state index in [9.17, 15) is 14.4 Å². The van der Waals surface area contributed by atoms with Gasteiger partial charge in [0.2, 0.25) is 11.8 Å². The Labute approximate surface area is 223 Å². The van der Waals surface area contributed by atoms with E-state index in [1.54, 1.807) is 24.3 Å². The topological polar surface area (TPSA) is 132 Å². The van der Waals surface area contributed by atoms with Crippen LogP contribution in [0.4, 0.5) is 0 Å². The van der Waals surface area contributed by atoms with Crippen LogP contribution >= 0.6 is 0 Å². The monoisotopic (exact) mass is 525 g/mol. The first-order valence-corrected chi connectivity index (χ1v) is 13.9. The highest BCUT2D eigenvalue weighted by atomic mass is 16.5. The lowest BCUT2D eigenvalue weighted by Gasteiger charge is -2.26. The molecular weight excluding hydrogens is 486 g/mol. The Balaban J connectivity index is 1.12. The van der Waals surface area contributed by atoms with E-state index >= 15 is 0 Å². The number of nitrogens with one attached hydrogen (secondary N) is 1. The largest absolute Gasteiger partial charge is 0.490 e. The lowest BCUT2D eigenvalue weighted by molar-refractivity contribution is -0.143. The Morgan fingerprint density at radius 2 is 1.66 bits per heavy atom. The molecule has 2 fully saturated rings. The van der Waals surface area contributed by atoms with Crippen molar-refractivity contribution < 1.29 is 28.8 Å². The number of aliphatic carboxylic acids is 1. The summed E-state index contributed by atoms with van der Waals surface area (Å²) >= 11 is 0. The summed E-state index contributed by atoms with van der Waals surface area (Å²) in [6.45, 7) is 4.53. The third-order valence-corrected chi connectivity index (χ3v) is 7.80. The molecule has 4 rings (SSSR count). The number of amides is 1. The third kappa shape index (κ3) is 7.42. The van der Waals surface area contributed by atoms with Gasteiger partial charge in [0.25, 0.3) is 0 Å². The molecule has 0 aliphatic heterocycles. The van der Waals surface area contributed by atoms with E-state index in [0.717, 1.165) is 44.3 Å². The molecule has 38 heavy (non-hydrogen) atoms. The number of carboxylic acids is 1. The van der Waals surface area contributed by atoms with Crippen LogP contribution in [0.3, 0.4) is 0 Å². The summed E-state index contributed by atoms with van der Waals surface area (Å²) in [4.78, 5) is 40.8. The van der Waals surface area contributed by atoms with Gasteiger partial charge in [0.1, 0.15) is 5.75 Å². The fraction of sp³-hybridized carbons (Fsp3) is 0.621. The number of carbonyl (C=O) groups is 3. The number of aromatic nitrogens is 2. The van der Waals surface area contributed by atoms with E-state index in [1.165, 1.54) is 0 Å².